The average molecular weight is 290 g/mol. The van der Waals surface area contributed by atoms with Gasteiger partial charge in [0.1, 0.15) is 12.1 Å². The van der Waals surface area contributed by atoms with Gasteiger partial charge in [0.25, 0.3) is 5.91 Å². The Morgan fingerprint density at radius 2 is 2.14 bits per heavy atom. The molecule has 0 spiro atoms. The molecule has 0 saturated carbocycles. The molecular weight excluding hydrogens is 272 g/mol. The van der Waals surface area contributed by atoms with Gasteiger partial charge in [-0.15, -0.1) is 0 Å². The fraction of sp³-hybridized carbons (Fsp3) is 0.357. The minimum atomic E-state index is -0.521. The van der Waals surface area contributed by atoms with Crippen LogP contribution in [0.15, 0.2) is 30.6 Å². The predicted molar refractivity (Wildman–Crippen MR) is 76.4 cm³/mol. The van der Waals surface area contributed by atoms with Gasteiger partial charge in [0, 0.05) is 5.56 Å². The van der Waals surface area contributed by atoms with E-state index in [-0.39, 0.29) is 6.61 Å². The van der Waals surface area contributed by atoms with Crippen LogP contribution in [0.3, 0.4) is 0 Å². The second-order valence-corrected chi connectivity index (χ2v) is 4.61. The van der Waals surface area contributed by atoms with Gasteiger partial charge in [0.2, 0.25) is 0 Å². The van der Waals surface area contributed by atoms with Gasteiger partial charge >= 0.3 is 0 Å². The first kappa shape index (κ1) is 15.0. The molecule has 0 saturated heterocycles. The number of hydrogen-bond donors (Lipinski definition) is 2. The lowest BCUT2D eigenvalue weighted by Gasteiger charge is -2.10. The van der Waals surface area contributed by atoms with E-state index in [4.69, 9.17) is 10.5 Å². The molecule has 2 aromatic rings. The first-order valence-electron chi connectivity index (χ1n) is 6.67. The molecule has 0 aliphatic rings. The molecule has 1 aromatic heterocycles. The van der Waals surface area contributed by atoms with Gasteiger partial charge in [-0.25, -0.2) is 9.67 Å². The number of aromatic nitrogens is 3. The van der Waals surface area contributed by atoms with Gasteiger partial charge in [-0.2, -0.15) is 5.10 Å². The number of carbonyl (C=O) groups excluding carboxylic acids is 1. The smallest absolute Gasteiger partial charge is 0.255 e. The van der Waals surface area contributed by atoms with Crippen molar-refractivity contribution in [3.05, 3.63) is 30.6 Å². The third-order valence-electron chi connectivity index (χ3n) is 2.96. The van der Waals surface area contributed by atoms with E-state index in [1.165, 1.54) is 6.33 Å². The summed E-state index contributed by atoms with van der Waals surface area (Å²) < 4.78 is 6.85. The molecule has 0 aliphatic carbocycles. The standard InChI is InChI=1S/C14H18N4O3/c1-2-11(19)7-18-14(16-9-17-18)10-3-5-12(6-4-10)21-8-13(15)20/h3-6,9,11,19H,2,7-8H2,1H3,(H2,15,20). The number of amides is 1. The van der Waals surface area contributed by atoms with Crippen LogP contribution < -0.4 is 10.5 Å². The van der Waals surface area contributed by atoms with E-state index < -0.39 is 12.0 Å². The number of carbonyl (C=O) groups is 1. The summed E-state index contributed by atoms with van der Waals surface area (Å²) in [6.45, 7) is 2.15. The van der Waals surface area contributed by atoms with E-state index >= 15 is 0 Å². The minimum Gasteiger partial charge on any atom is -0.484 e. The summed E-state index contributed by atoms with van der Waals surface area (Å²) in [7, 11) is 0. The zero-order chi connectivity index (χ0) is 15.2. The van der Waals surface area contributed by atoms with Crippen LogP contribution in [0.1, 0.15) is 13.3 Å². The molecule has 3 N–H and O–H groups in total. The quantitative estimate of drug-likeness (QED) is 0.776. The Morgan fingerprint density at radius 1 is 1.43 bits per heavy atom. The molecule has 1 unspecified atom stereocenters. The fourth-order valence-electron chi connectivity index (χ4n) is 1.80. The lowest BCUT2D eigenvalue weighted by molar-refractivity contribution is -0.119. The highest BCUT2D eigenvalue weighted by Gasteiger charge is 2.11. The van der Waals surface area contributed by atoms with Crippen LogP contribution in [0.4, 0.5) is 0 Å². The Morgan fingerprint density at radius 3 is 2.76 bits per heavy atom. The number of nitrogens with two attached hydrogens (primary N) is 1. The van der Waals surface area contributed by atoms with Crippen molar-refractivity contribution in [2.24, 2.45) is 5.73 Å². The molecule has 0 bridgehead atoms. The number of rotatable bonds is 7. The molecule has 1 atom stereocenters. The number of aliphatic hydroxyl groups is 1. The van der Waals surface area contributed by atoms with Crippen molar-refractivity contribution in [2.75, 3.05) is 6.61 Å². The van der Waals surface area contributed by atoms with Gasteiger partial charge in [0.05, 0.1) is 12.6 Å². The highest BCUT2D eigenvalue weighted by molar-refractivity contribution is 5.75. The molecule has 0 fully saturated rings. The first-order chi connectivity index (χ1) is 10.1. The normalized spacial score (nSPS) is 12.1. The van der Waals surface area contributed by atoms with E-state index in [1.807, 2.05) is 19.1 Å². The molecule has 1 aromatic carbocycles. The molecule has 0 radical (unpaired) electrons. The maximum atomic E-state index is 10.7. The van der Waals surface area contributed by atoms with Gasteiger partial charge in [-0.1, -0.05) is 6.92 Å². The largest absolute Gasteiger partial charge is 0.484 e. The average Bonchev–Trinajstić information content (AvgIpc) is 2.93. The number of hydrogen-bond acceptors (Lipinski definition) is 5. The van der Waals surface area contributed by atoms with Crippen molar-refractivity contribution >= 4 is 5.91 Å². The molecule has 7 heteroatoms. The first-order valence-corrected chi connectivity index (χ1v) is 6.67. The Labute approximate surface area is 122 Å². The Balaban J connectivity index is 2.12. The van der Waals surface area contributed by atoms with E-state index in [9.17, 15) is 9.90 Å². The van der Waals surface area contributed by atoms with Crippen LogP contribution in [-0.2, 0) is 11.3 Å². The SMILES string of the molecule is CCC(O)Cn1ncnc1-c1ccc(OCC(N)=O)cc1. The molecule has 21 heavy (non-hydrogen) atoms. The van der Waals surface area contributed by atoms with Crippen LogP contribution in [-0.4, -0.2) is 38.5 Å². The Hall–Kier alpha value is -2.41. The highest BCUT2D eigenvalue weighted by Crippen LogP contribution is 2.20. The monoisotopic (exact) mass is 290 g/mol. The van der Waals surface area contributed by atoms with Crippen molar-refractivity contribution in [2.45, 2.75) is 26.0 Å². The van der Waals surface area contributed by atoms with Crippen molar-refractivity contribution in [1.29, 1.82) is 0 Å². The molecule has 0 aliphatic heterocycles. The van der Waals surface area contributed by atoms with Crippen molar-refractivity contribution in [3.63, 3.8) is 0 Å². The van der Waals surface area contributed by atoms with Crippen LogP contribution in [0, 0.1) is 0 Å². The topological polar surface area (TPSA) is 103 Å². The summed E-state index contributed by atoms with van der Waals surface area (Å²) in [6.07, 6.45) is 1.65. The number of benzene rings is 1. The van der Waals surface area contributed by atoms with Crippen molar-refractivity contribution < 1.29 is 14.6 Å². The third-order valence-corrected chi connectivity index (χ3v) is 2.96. The van der Waals surface area contributed by atoms with Crippen LogP contribution in [0.25, 0.3) is 11.4 Å². The van der Waals surface area contributed by atoms with E-state index in [0.29, 0.717) is 24.5 Å². The zero-order valence-corrected chi connectivity index (χ0v) is 11.8. The molecular formula is C14H18N4O3. The number of aliphatic hydroxyl groups excluding tert-OH is 1. The van der Waals surface area contributed by atoms with E-state index in [2.05, 4.69) is 10.1 Å². The highest BCUT2D eigenvalue weighted by atomic mass is 16.5. The Bertz CT molecular complexity index is 595. The van der Waals surface area contributed by atoms with Crippen LogP contribution >= 0.6 is 0 Å². The summed E-state index contributed by atoms with van der Waals surface area (Å²) in [5.74, 6) is 0.702. The van der Waals surface area contributed by atoms with Gasteiger partial charge in [-0.05, 0) is 30.7 Å². The number of nitrogens with zero attached hydrogens (tertiary/aromatic N) is 3. The third kappa shape index (κ3) is 4.03. The molecule has 7 nitrogen and oxygen atoms in total. The van der Waals surface area contributed by atoms with Crippen molar-refractivity contribution in [3.8, 4) is 17.1 Å². The van der Waals surface area contributed by atoms with E-state index in [1.54, 1.807) is 16.8 Å². The fourth-order valence-corrected chi connectivity index (χ4v) is 1.80. The summed E-state index contributed by atoms with van der Waals surface area (Å²) in [4.78, 5) is 14.9. The minimum absolute atomic E-state index is 0.155. The van der Waals surface area contributed by atoms with Crippen molar-refractivity contribution in [1.82, 2.24) is 14.8 Å². The van der Waals surface area contributed by atoms with Gasteiger partial charge in [-0.3, -0.25) is 4.79 Å². The molecule has 1 amide bonds. The lowest BCUT2D eigenvalue weighted by atomic mass is 10.2. The summed E-state index contributed by atoms with van der Waals surface area (Å²) >= 11 is 0. The zero-order valence-electron chi connectivity index (χ0n) is 11.8. The van der Waals surface area contributed by atoms with E-state index in [0.717, 1.165) is 5.56 Å². The summed E-state index contributed by atoms with van der Waals surface area (Å²) in [5, 5.41) is 13.8. The van der Waals surface area contributed by atoms with Crippen LogP contribution in [0.5, 0.6) is 5.75 Å². The van der Waals surface area contributed by atoms with Crippen LogP contribution in [0.2, 0.25) is 0 Å². The number of primary amides is 1. The van der Waals surface area contributed by atoms with Gasteiger partial charge < -0.3 is 15.6 Å². The molecule has 1 heterocycles. The van der Waals surface area contributed by atoms with Gasteiger partial charge in [0.15, 0.2) is 12.4 Å². The molecule has 2 rings (SSSR count). The Kier molecular flexibility index (Phi) is 4.89. The predicted octanol–water partition coefficient (Wildman–Crippen LogP) is 0.580. The second kappa shape index (κ2) is 6.85. The number of ether oxygens (including phenoxy) is 1. The summed E-state index contributed by atoms with van der Waals surface area (Å²) in [6, 6.07) is 7.09. The summed E-state index contributed by atoms with van der Waals surface area (Å²) in [5.41, 5.74) is 5.87. The second-order valence-electron chi connectivity index (χ2n) is 4.61. The molecule has 112 valence electrons. The maximum absolute atomic E-state index is 10.7. The maximum Gasteiger partial charge on any atom is 0.255 e. The lowest BCUT2D eigenvalue weighted by Crippen LogP contribution is -2.20.